The molecule has 0 bridgehead atoms. The third-order valence-corrected chi connectivity index (χ3v) is 3.57. The topological polar surface area (TPSA) is 82.2 Å². The molecule has 0 saturated carbocycles. The number of unbranched alkanes of at least 4 members (excludes halogenated alkanes) is 1. The molecule has 6 heteroatoms. The maximum atomic E-state index is 10.4. The molecule has 0 unspecified atom stereocenters. The number of aromatic amines is 1. The third-order valence-electron chi connectivity index (χ3n) is 2.78. The van der Waals surface area contributed by atoms with Crippen LogP contribution in [-0.2, 0) is 10.1 Å². The molecule has 19 heavy (non-hydrogen) atoms. The van der Waals surface area contributed by atoms with Gasteiger partial charge in [-0.15, -0.1) is 0 Å². The molecule has 104 valence electrons. The summed E-state index contributed by atoms with van der Waals surface area (Å²) in [6.07, 6.45) is 0.878. The number of nitrogens with one attached hydrogen (secondary N) is 1. The molecule has 1 N–H and O–H groups in total. The maximum absolute atomic E-state index is 10.4. The Morgan fingerprint density at radius 3 is 2.79 bits per heavy atom. The summed E-state index contributed by atoms with van der Waals surface area (Å²) in [6.45, 7) is 2.40. The van der Waals surface area contributed by atoms with Gasteiger partial charge in [-0.2, -0.15) is 0 Å². The monoisotopic (exact) mass is 282 g/mol. The van der Waals surface area contributed by atoms with Gasteiger partial charge >= 0.3 is 0 Å². The number of rotatable bonds is 6. The zero-order valence-electron chi connectivity index (χ0n) is 10.7. The highest BCUT2D eigenvalue weighted by molar-refractivity contribution is 7.85. The van der Waals surface area contributed by atoms with E-state index < -0.39 is 10.1 Å². The fourth-order valence-corrected chi connectivity index (χ4v) is 2.47. The van der Waals surface area contributed by atoms with Gasteiger partial charge in [0.15, 0.2) is 0 Å². The van der Waals surface area contributed by atoms with Crippen LogP contribution in [0.3, 0.4) is 0 Å². The number of aryl methyl sites for hydroxylation is 1. The van der Waals surface area contributed by atoms with Gasteiger partial charge < -0.3 is 14.3 Å². The molecule has 0 radical (unpaired) electrons. The minimum absolute atomic E-state index is 0.327. The Morgan fingerprint density at radius 1 is 1.26 bits per heavy atom. The Morgan fingerprint density at radius 2 is 2.05 bits per heavy atom. The lowest BCUT2D eigenvalue weighted by Gasteiger charge is -2.08. The number of hydrogen-bond acceptors (Lipinski definition) is 4. The lowest BCUT2D eigenvalue weighted by atomic mass is 10.2. The molecule has 5 nitrogen and oxygen atoms in total. The highest BCUT2D eigenvalue weighted by Gasteiger charge is 2.01. The van der Waals surface area contributed by atoms with Crippen molar-refractivity contribution < 1.29 is 17.7 Å². The fraction of sp³-hybridized carbons (Fsp3) is 0.385. The van der Waals surface area contributed by atoms with Crippen LogP contribution in [0.1, 0.15) is 18.5 Å². The van der Waals surface area contributed by atoms with Crippen molar-refractivity contribution >= 4 is 21.0 Å². The Labute approximate surface area is 112 Å². The van der Waals surface area contributed by atoms with Crippen molar-refractivity contribution in [3.05, 3.63) is 30.0 Å². The van der Waals surface area contributed by atoms with Crippen LogP contribution >= 0.6 is 0 Å². The molecule has 2 aromatic rings. The molecule has 0 aliphatic heterocycles. The standard InChI is InChI=1S/C13H17NO4S/c1-10-8-11-9-12(4-5-13(11)14-10)18-6-2-3-7-19(15,16)17/h4-5,8-9,14H,2-3,6-7H2,1H3,(H,15,16,17)/p-1. The van der Waals surface area contributed by atoms with Crippen LogP contribution in [0.4, 0.5) is 0 Å². The Kier molecular flexibility index (Phi) is 4.11. The number of fused-ring (bicyclic) bond motifs is 1. The number of H-pyrrole nitrogens is 1. The Balaban J connectivity index is 1.84. The third kappa shape index (κ3) is 4.25. The van der Waals surface area contributed by atoms with Crippen LogP contribution < -0.4 is 4.74 Å². The predicted molar refractivity (Wildman–Crippen MR) is 72.3 cm³/mol. The molecule has 2 rings (SSSR count). The summed E-state index contributed by atoms with van der Waals surface area (Å²) in [5, 5.41) is 1.08. The zero-order valence-corrected chi connectivity index (χ0v) is 11.5. The summed E-state index contributed by atoms with van der Waals surface area (Å²) >= 11 is 0. The van der Waals surface area contributed by atoms with Gasteiger partial charge in [0, 0.05) is 22.3 Å². The van der Waals surface area contributed by atoms with Gasteiger partial charge in [0.2, 0.25) is 0 Å². The highest BCUT2D eigenvalue weighted by atomic mass is 32.2. The van der Waals surface area contributed by atoms with Crippen LogP contribution in [0, 0.1) is 6.92 Å². The van der Waals surface area contributed by atoms with Crippen LogP contribution in [0.15, 0.2) is 24.3 Å². The van der Waals surface area contributed by atoms with Crippen LogP contribution in [0.5, 0.6) is 5.75 Å². The minimum atomic E-state index is -4.10. The van der Waals surface area contributed by atoms with E-state index in [1.165, 1.54) is 0 Å². The van der Waals surface area contributed by atoms with Crippen LogP contribution in [0.25, 0.3) is 10.9 Å². The van der Waals surface area contributed by atoms with Crippen molar-refractivity contribution in [2.75, 3.05) is 12.4 Å². The largest absolute Gasteiger partial charge is 0.748 e. The summed E-state index contributed by atoms with van der Waals surface area (Å²) < 4.78 is 36.8. The molecule has 0 atom stereocenters. The van der Waals surface area contributed by atoms with E-state index in [0.29, 0.717) is 19.4 Å². The molecule has 1 heterocycles. The first-order chi connectivity index (χ1) is 8.94. The van der Waals surface area contributed by atoms with E-state index in [1.54, 1.807) is 0 Å². The van der Waals surface area contributed by atoms with E-state index in [2.05, 4.69) is 4.98 Å². The summed E-state index contributed by atoms with van der Waals surface area (Å²) in [5.74, 6) is 0.420. The second-order valence-corrected chi connectivity index (χ2v) is 6.04. The van der Waals surface area contributed by atoms with E-state index in [1.807, 2.05) is 31.2 Å². The lowest BCUT2D eigenvalue weighted by Crippen LogP contribution is -2.06. The van der Waals surface area contributed by atoms with Crippen LogP contribution in [-0.4, -0.2) is 30.3 Å². The summed E-state index contributed by atoms with van der Waals surface area (Å²) in [4.78, 5) is 3.22. The molecule has 0 aliphatic rings. The van der Waals surface area contributed by atoms with Crippen molar-refractivity contribution in [1.82, 2.24) is 4.98 Å². The van der Waals surface area contributed by atoms with Crippen LogP contribution in [0.2, 0.25) is 0 Å². The average molecular weight is 282 g/mol. The van der Waals surface area contributed by atoms with Gasteiger partial charge in [-0.1, -0.05) is 0 Å². The number of benzene rings is 1. The number of aromatic nitrogens is 1. The van der Waals surface area contributed by atoms with Crippen molar-refractivity contribution in [3.63, 3.8) is 0 Å². The zero-order chi connectivity index (χ0) is 13.9. The van der Waals surface area contributed by atoms with E-state index in [4.69, 9.17) is 4.74 Å². The molecule has 1 aromatic heterocycles. The van der Waals surface area contributed by atoms with Gasteiger partial charge in [0.05, 0.1) is 16.7 Å². The lowest BCUT2D eigenvalue weighted by molar-refractivity contribution is 0.309. The number of ether oxygens (including phenoxy) is 1. The first-order valence-corrected chi connectivity index (χ1v) is 7.67. The average Bonchev–Trinajstić information content (AvgIpc) is 2.66. The molecule has 0 fully saturated rings. The Bertz CT molecular complexity index is 660. The molecule has 0 spiro atoms. The van der Waals surface area contributed by atoms with Crippen molar-refractivity contribution in [2.45, 2.75) is 19.8 Å². The van der Waals surface area contributed by atoms with E-state index >= 15 is 0 Å². The fourth-order valence-electron chi connectivity index (χ4n) is 1.92. The summed E-state index contributed by atoms with van der Waals surface area (Å²) in [7, 11) is -4.10. The van der Waals surface area contributed by atoms with E-state index in [9.17, 15) is 13.0 Å². The second-order valence-electron chi connectivity index (χ2n) is 4.52. The maximum Gasteiger partial charge on any atom is 0.120 e. The van der Waals surface area contributed by atoms with Gasteiger partial charge in [0.1, 0.15) is 5.75 Å². The highest BCUT2D eigenvalue weighted by Crippen LogP contribution is 2.21. The summed E-state index contributed by atoms with van der Waals surface area (Å²) in [6, 6.07) is 7.78. The molecule has 0 amide bonds. The molecule has 1 aromatic carbocycles. The Hall–Kier alpha value is -1.53. The molecule has 0 aliphatic carbocycles. The molecule has 0 saturated heterocycles. The normalized spacial score (nSPS) is 11.9. The smallest absolute Gasteiger partial charge is 0.120 e. The van der Waals surface area contributed by atoms with Crippen molar-refractivity contribution in [1.29, 1.82) is 0 Å². The van der Waals surface area contributed by atoms with Gasteiger partial charge in [-0.05, 0) is 44.0 Å². The first-order valence-electron chi connectivity index (χ1n) is 6.10. The minimum Gasteiger partial charge on any atom is -0.748 e. The first kappa shape index (κ1) is 13.9. The number of hydrogen-bond donors (Lipinski definition) is 1. The van der Waals surface area contributed by atoms with E-state index in [-0.39, 0.29) is 5.75 Å². The van der Waals surface area contributed by atoms with Crippen molar-refractivity contribution in [3.8, 4) is 5.75 Å². The SMILES string of the molecule is Cc1cc2cc(OCCCCS(=O)(=O)[O-])ccc2[nH]1. The van der Waals surface area contributed by atoms with E-state index in [0.717, 1.165) is 22.3 Å². The van der Waals surface area contributed by atoms with Gasteiger partial charge in [0.25, 0.3) is 0 Å². The second kappa shape index (κ2) is 5.63. The summed E-state index contributed by atoms with van der Waals surface area (Å²) in [5.41, 5.74) is 2.15. The van der Waals surface area contributed by atoms with Gasteiger partial charge in [-0.3, -0.25) is 0 Å². The molecular formula is C13H16NO4S-. The molecular weight excluding hydrogens is 266 g/mol. The predicted octanol–water partition coefficient (Wildman–Crippen LogP) is 2.18. The van der Waals surface area contributed by atoms with Crippen molar-refractivity contribution in [2.24, 2.45) is 0 Å². The quantitative estimate of drug-likeness (QED) is 0.650. The van der Waals surface area contributed by atoms with Gasteiger partial charge in [-0.25, -0.2) is 8.42 Å².